The van der Waals surface area contributed by atoms with E-state index in [1.807, 2.05) is 19.1 Å². The molecular weight excluding hydrogens is 428 g/mol. The van der Waals surface area contributed by atoms with E-state index in [0.717, 1.165) is 16.5 Å². The van der Waals surface area contributed by atoms with Crippen molar-refractivity contribution in [3.63, 3.8) is 0 Å². The minimum atomic E-state index is -3.23. The van der Waals surface area contributed by atoms with Crippen LogP contribution in [-0.2, 0) is 14.8 Å². The zero-order valence-corrected chi connectivity index (χ0v) is 18.7. The minimum Gasteiger partial charge on any atom is -0.383 e. The molecule has 1 spiro atoms. The first-order valence-corrected chi connectivity index (χ1v) is 12.2. The minimum absolute atomic E-state index is 0.127. The van der Waals surface area contributed by atoms with Crippen molar-refractivity contribution in [2.45, 2.75) is 19.8 Å². The Hall–Kier alpha value is -3.11. The Labute approximate surface area is 186 Å². The third-order valence-corrected chi connectivity index (χ3v) is 7.89. The molecule has 1 aliphatic carbocycles. The number of carbonyl (C=O) groups is 1. The molecule has 3 N–H and O–H groups in total. The quantitative estimate of drug-likeness (QED) is 0.620. The van der Waals surface area contributed by atoms with Crippen LogP contribution in [0, 0.1) is 18.3 Å². The molecule has 1 saturated heterocycles. The summed E-state index contributed by atoms with van der Waals surface area (Å²) in [4.78, 5) is 25.9. The lowest BCUT2D eigenvalue weighted by Crippen LogP contribution is -2.28. The second-order valence-electron chi connectivity index (χ2n) is 8.83. The van der Waals surface area contributed by atoms with Gasteiger partial charge in [-0.3, -0.25) is 9.78 Å². The van der Waals surface area contributed by atoms with Crippen LogP contribution in [0.5, 0.6) is 0 Å². The van der Waals surface area contributed by atoms with Gasteiger partial charge in [-0.1, -0.05) is 0 Å². The Morgan fingerprint density at radius 1 is 1.31 bits per heavy atom. The molecule has 10 heteroatoms. The van der Waals surface area contributed by atoms with Gasteiger partial charge in [-0.05, 0) is 54.3 Å². The van der Waals surface area contributed by atoms with Crippen molar-refractivity contribution in [1.29, 1.82) is 0 Å². The van der Waals surface area contributed by atoms with Gasteiger partial charge in [-0.15, -0.1) is 0 Å². The number of fused-ring (bicyclic) bond motifs is 1. The molecule has 0 radical (unpaired) electrons. The number of sulfonamides is 1. The van der Waals surface area contributed by atoms with Gasteiger partial charge in [-0.25, -0.2) is 22.7 Å². The van der Waals surface area contributed by atoms with Crippen LogP contribution < -0.4 is 11.1 Å². The lowest BCUT2D eigenvalue weighted by atomic mass is 10.0. The highest BCUT2D eigenvalue weighted by molar-refractivity contribution is 7.88. The average molecular weight is 453 g/mol. The van der Waals surface area contributed by atoms with Gasteiger partial charge in [0.1, 0.15) is 11.6 Å². The van der Waals surface area contributed by atoms with E-state index in [9.17, 15) is 13.2 Å². The Morgan fingerprint density at radius 2 is 2.12 bits per heavy atom. The lowest BCUT2D eigenvalue weighted by Gasteiger charge is -2.13. The number of rotatable bonds is 4. The smallest absolute Gasteiger partial charge is 0.229 e. The van der Waals surface area contributed by atoms with E-state index < -0.39 is 10.0 Å². The summed E-state index contributed by atoms with van der Waals surface area (Å²) in [5, 5.41) is 4.42. The number of aryl methyl sites for hydroxylation is 1. The van der Waals surface area contributed by atoms with E-state index in [-0.39, 0.29) is 17.2 Å². The van der Waals surface area contributed by atoms with Gasteiger partial charge < -0.3 is 11.1 Å². The number of hydrogen-bond acceptors (Lipinski definition) is 7. The Morgan fingerprint density at radius 3 is 2.84 bits per heavy atom. The van der Waals surface area contributed by atoms with E-state index >= 15 is 0 Å². The molecule has 0 bridgehead atoms. The number of anilines is 2. The molecule has 1 aliphatic heterocycles. The molecule has 166 valence electrons. The van der Waals surface area contributed by atoms with Crippen LogP contribution in [-0.4, -0.2) is 52.9 Å². The number of nitrogens with one attached hydrogen (secondary N) is 1. The second-order valence-corrected chi connectivity index (χ2v) is 10.8. The molecular formula is C22H24N6O3S. The fourth-order valence-corrected chi connectivity index (χ4v) is 5.55. The molecule has 2 fully saturated rings. The first kappa shape index (κ1) is 20.8. The van der Waals surface area contributed by atoms with Gasteiger partial charge in [-0.2, -0.15) is 0 Å². The summed E-state index contributed by atoms with van der Waals surface area (Å²) in [6, 6.07) is 5.61. The monoisotopic (exact) mass is 452 g/mol. The highest BCUT2D eigenvalue weighted by Gasteiger charge is 2.61. The highest BCUT2D eigenvalue weighted by Crippen LogP contribution is 2.59. The largest absolute Gasteiger partial charge is 0.383 e. The third kappa shape index (κ3) is 3.59. The maximum Gasteiger partial charge on any atom is 0.229 e. The predicted molar refractivity (Wildman–Crippen MR) is 122 cm³/mol. The molecule has 1 saturated carbocycles. The number of nitrogens with zero attached hydrogens (tertiary/aromatic N) is 4. The Kier molecular flexibility index (Phi) is 4.68. The molecule has 4 heterocycles. The number of nitrogens with two attached hydrogens (primary N) is 1. The normalized spacial score (nSPS) is 23.0. The molecule has 2 atom stereocenters. The van der Waals surface area contributed by atoms with Crippen molar-refractivity contribution >= 4 is 38.3 Å². The molecule has 0 aromatic carbocycles. The van der Waals surface area contributed by atoms with Crippen LogP contribution in [0.25, 0.3) is 22.0 Å². The summed E-state index contributed by atoms with van der Waals surface area (Å²) in [7, 11) is -3.23. The number of hydrogen-bond donors (Lipinski definition) is 2. The number of pyridine rings is 3. The van der Waals surface area contributed by atoms with Crippen LogP contribution in [0.4, 0.5) is 11.6 Å². The van der Waals surface area contributed by atoms with E-state index in [1.54, 1.807) is 24.7 Å². The number of carbonyl (C=O) groups excluding carboxylic acids is 1. The van der Waals surface area contributed by atoms with E-state index in [2.05, 4.69) is 20.3 Å². The van der Waals surface area contributed by atoms with E-state index in [4.69, 9.17) is 5.73 Å². The Balaban J connectivity index is 1.38. The number of nitrogen functional groups attached to an aromatic ring is 1. The van der Waals surface area contributed by atoms with E-state index in [0.29, 0.717) is 48.6 Å². The molecule has 32 heavy (non-hydrogen) atoms. The van der Waals surface area contributed by atoms with Gasteiger partial charge in [0.15, 0.2) is 0 Å². The van der Waals surface area contributed by atoms with Gasteiger partial charge >= 0.3 is 0 Å². The zero-order valence-electron chi connectivity index (χ0n) is 17.9. The second kappa shape index (κ2) is 7.21. The topological polar surface area (TPSA) is 131 Å². The first-order chi connectivity index (χ1) is 15.2. The van der Waals surface area contributed by atoms with Crippen LogP contribution in [0.3, 0.4) is 0 Å². The SMILES string of the molecule is Cc1ccncc1-c1cc2cc(NC(=O)[C@H]3C[C@@]34CCN(S(C)(=O)=O)C4)ncc2c(N)n1. The molecule has 5 rings (SSSR count). The molecule has 9 nitrogen and oxygen atoms in total. The van der Waals surface area contributed by atoms with Gasteiger partial charge in [0.05, 0.1) is 11.9 Å². The fourth-order valence-electron chi connectivity index (χ4n) is 4.63. The number of amides is 1. The summed E-state index contributed by atoms with van der Waals surface area (Å²) in [6.07, 6.45) is 7.70. The van der Waals surface area contributed by atoms with Crippen molar-refractivity contribution < 1.29 is 13.2 Å². The van der Waals surface area contributed by atoms with Gasteiger partial charge in [0.25, 0.3) is 0 Å². The standard InChI is InChI=1S/C22H24N6O3S/c1-13-3-5-24-10-15(13)18-7-14-8-19(25-11-16(14)20(23)26-18)27-21(29)17-9-22(17)4-6-28(12-22)32(2,30)31/h3,5,7-8,10-11,17H,4,6,9,12H2,1-2H3,(H2,23,26)(H,25,27,29)/t17-,22-/m1/s1. The third-order valence-electron chi connectivity index (χ3n) is 6.64. The average Bonchev–Trinajstić information content (AvgIpc) is 3.26. The predicted octanol–water partition coefficient (Wildman–Crippen LogP) is 2.19. The van der Waals surface area contributed by atoms with Crippen LogP contribution in [0.1, 0.15) is 18.4 Å². The number of aromatic nitrogens is 3. The molecule has 3 aromatic rings. The van der Waals surface area contributed by atoms with Crippen molar-refractivity contribution in [2.24, 2.45) is 11.3 Å². The summed E-state index contributed by atoms with van der Waals surface area (Å²) in [5.41, 5.74) is 8.55. The van der Waals surface area contributed by atoms with Crippen molar-refractivity contribution in [3.8, 4) is 11.3 Å². The van der Waals surface area contributed by atoms with Crippen molar-refractivity contribution in [3.05, 3.63) is 42.4 Å². The fraction of sp³-hybridized carbons (Fsp3) is 0.364. The van der Waals surface area contributed by atoms with E-state index in [1.165, 1.54) is 10.6 Å². The van der Waals surface area contributed by atoms with Crippen LogP contribution >= 0.6 is 0 Å². The lowest BCUT2D eigenvalue weighted by molar-refractivity contribution is -0.118. The van der Waals surface area contributed by atoms with Crippen LogP contribution in [0.15, 0.2) is 36.8 Å². The molecule has 3 aromatic heterocycles. The maximum atomic E-state index is 12.9. The maximum absolute atomic E-state index is 12.9. The highest BCUT2D eigenvalue weighted by atomic mass is 32.2. The first-order valence-electron chi connectivity index (χ1n) is 10.4. The molecule has 0 unspecified atom stereocenters. The van der Waals surface area contributed by atoms with Crippen molar-refractivity contribution in [1.82, 2.24) is 19.3 Å². The summed E-state index contributed by atoms with van der Waals surface area (Å²) >= 11 is 0. The van der Waals surface area contributed by atoms with Crippen LogP contribution in [0.2, 0.25) is 0 Å². The van der Waals surface area contributed by atoms with Gasteiger partial charge in [0, 0.05) is 48.5 Å². The molecule has 1 amide bonds. The summed E-state index contributed by atoms with van der Waals surface area (Å²) in [5.74, 6) is 0.460. The molecule has 2 aliphatic rings. The summed E-state index contributed by atoms with van der Waals surface area (Å²) < 4.78 is 25.1. The van der Waals surface area contributed by atoms with Gasteiger partial charge in [0.2, 0.25) is 15.9 Å². The van der Waals surface area contributed by atoms with Crippen molar-refractivity contribution in [2.75, 3.05) is 30.4 Å². The Bertz CT molecular complexity index is 1360. The zero-order chi connectivity index (χ0) is 22.7. The summed E-state index contributed by atoms with van der Waals surface area (Å²) in [6.45, 7) is 2.86.